The second kappa shape index (κ2) is 5.38. The molecule has 0 aromatic carbocycles. The second-order valence-electron chi connectivity index (χ2n) is 6.50. The monoisotopic (exact) mass is 238 g/mol. The summed E-state index contributed by atoms with van der Waals surface area (Å²) in [4.78, 5) is 11.8. The number of carbonyl (C=O) groups is 1. The Bertz CT molecular complexity index is 259. The Morgan fingerprint density at radius 2 is 2.00 bits per heavy atom. The van der Waals surface area contributed by atoms with E-state index in [-0.39, 0.29) is 11.9 Å². The van der Waals surface area contributed by atoms with Crippen LogP contribution in [0.15, 0.2) is 0 Å². The van der Waals surface area contributed by atoms with Crippen molar-refractivity contribution in [2.75, 3.05) is 13.1 Å². The van der Waals surface area contributed by atoms with Gasteiger partial charge in [-0.05, 0) is 56.4 Å². The standard InChI is InChI=1S/C14H26N2O/c1-14(2)7-5-11(6-8-14)10-16-13(17)12-4-3-9-15-12/h11-12,15H,3-10H2,1-2H3,(H,16,17). The first-order valence-corrected chi connectivity index (χ1v) is 7.08. The van der Waals surface area contributed by atoms with E-state index >= 15 is 0 Å². The summed E-state index contributed by atoms with van der Waals surface area (Å²) >= 11 is 0. The van der Waals surface area contributed by atoms with Gasteiger partial charge in [0.25, 0.3) is 0 Å². The van der Waals surface area contributed by atoms with Crippen molar-refractivity contribution in [1.29, 1.82) is 0 Å². The van der Waals surface area contributed by atoms with E-state index in [1.54, 1.807) is 0 Å². The van der Waals surface area contributed by atoms with E-state index in [4.69, 9.17) is 0 Å². The molecule has 2 N–H and O–H groups in total. The summed E-state index contributed by atoms with van der Waals surface area (Å²) in [6.07, 6.45) is 7.28. The Labute approximate surface area is 105 Å². The maximum Gasteiger partial charge on any atom is 0.237 e. The highest BCUT2D eigenvalue weighted by atomic mass is 16.2. The van der Waals surface area contributed by atoms with Crippen LogP contribution in [0.25, 0.3) is 0 Å². The molecule has 2 fully saturated rings. The van der Waals surface area contributed by atoms with Crippen LogP contribution in [0.4, 0.5) is 0 Å². The van der Waals surface area contributed by atoms with Crippen molar-refractivity contribution in [3.63, 3.8) is 0 Å². The van der Waals surface area contributed by atoms with Gasteiger partial charge in [-0.2, -0.15) is 0 Å². The molecule has 0 aromatic heterocycles. The van der Waals surface area contributed by atoms with E-state index in [0.717, 1.165) is 25.9 Å². The number of amides is 1. The average molecular weight is 238 g/mol. The molecule has 17 heavy (non-hydrogen) atoms. The summed E-state index contributed by atoms with van der Waals surface area (Å²) in [7, 11) is 0. The Kier molecular flexibility index (Phi) is 4.08. The highest BCUT2D eigenvalue weighted by Gasteiger charge is 2.28. The smallest absolute Gasteiger partial charge is 0.237 e. The van der Waals surface area contributed by atoms with Crippen molar-refractivity contribution in [3.05, 3.63) is 0 Å². The third-order valence-electron chi connectivity index (χ3n) is 4.40. The van der Waals surface area contributed by atoms with Crippen molar-refractivity contribution in [2.24, 2.45) is 11.3 Å². The van der Waals surface area contributed by atoms with Crippen LogP contribution in [0.3, 0.4) is 0 Å². The van der Waals surface area contributed by atoms with E-state index in [1.165, 1.54) is 25.7 Å². The molecule has 3 nitrogen and oxygen atoms in total. The van der Waals surface area contributed by atoms with Gasteiger partial charge >= 0.3 is 0 Å². The molecule has 1 aliphatic carbocycles. The fourth-order valence-electron chi connectivity index (χ4n) is 2.94. The van der Waals surface area contributed by atoms with Crippen LogP contribution >= 0.6 is 0 Å². The Balaban J connectivity index is 1.67. The van der Waals surface area contributed by atoms with Crippen LogP contribution in [0.1, 0.15) is 52.4 Å². The average Bonchev–Trinajstić information content (AvgIpc) is 2.80. The molecule has 0 bridgehead atoms. The maximum atomic E-state index is 11.8. The third-order valence-corrected chi connectivity index (χ3v) is 4.40. The van der Waals surface area contributed by atoms with Gasteiger partial charge in [0, 0.05) is 6.54 Å². The summed E-state index contributed by atoms with van der Waals surface area (Å²) < 4.78 is 0. The van der Waals surface area contributed by atoms with Gasteiger partial charge in [0.05, 0.1) is 6.04 Å². The topological polar surface area (TPSA) is 41.1 Å². The van der Waals surface area contributed by atoms with Crippen molar-refractivity contribution in [3.8, 4) is 0 Å². The molecule has 1 aliphatic heterocycles. The van der Waals surface area contributed by atoms with Crippen LogP contribution < -0.4 is 10.6 Å². The molecule has 2 aliphatic rings. The lowest BCUT2D eigenvalue weighted by molar-refractivity contribution is -0.123. The molecule has 3 heteroatoms. The second-order valence-corrected chi connectivity index (χ2v) is 6.50. The lowest BCUT2D eigenvalue weighted by Crippen LogP contribution is -2.42. The van der Waals surface area contributed by atoms with Crippen molar-refractivity contribution >= 4 is 5.91 Å². The van der Waals surface area contributed by atoms with Crippen molar-refractivity contribution < 1.29 is 4.79 Å². The van der Waals surface area contributed by atoms with Gasteiger partial charge in [-0.15, -0.1) is 0 Å². The van der Waals surface area contributed by atoms with Crippen LogP contribution in [-0.2, 0) is 4.79 Å². The van der Waals surface area contributed by atoms with Crippen LogP contribution in [0.5, 0.6) is 0 Å². The molecule has 0 spiro atoms. The number of hydrogen-bond donors (Lipinski definition) is 2. The molecule has 1 atom stereocenters. The first-order chi connectivity index (χ1) is 8.07. The SMILES string of the molecule is CC1(C)CCC(CNC(=O)C2CCCN2)CC1. The number of nitrogens with one attached hydrogen (secondary N) is 2. The zero-order valence-corrected chi connectivity index (χ0v) is 11.2. The predicted molar refractivity (Wildman–Crippen MR) is 69.8 cm³/mol. The Morgan fingerprint density at radius 3 is 2.59 bits per heavy atom. The maximum absolute atomic E-state index is 11.8. The normalized spacial score (nSPS) is 29.2. The Morgan fingerprint density at radius 1 is 1.29 bits per heavy atom. The minimum absolute atomic E-state index is 0.0787. The van der Waals surface area contributed by atoms with Gasteiger partial charge in [-0.3, -0.25) is 4.79 Å². The molecule has 1 amide bonds. The molecule has 1 heterocycles. The summed E-state index contributed by atoms with van der Waals surface area (Å²) in [5, 5.41) is 6.37. The predicted octanol–water partition coefficient (Wildman–Crippen LogP) is 2.07. The summed E-state index contributed by atoms with van der Waals surface area (Å²) in [5.74, 6) is 0.917. The van der Waals surface area contributed by atoms with E-state index in [1.807, 2.05) is 0 Å². The fourth-order valence-corrected chi connectivity index (χ4v) is 2.94. The van der Waals surface area contributed by atoms with Crippen LogP contribution in [0.2, 0.25) is 0 Å². The third kappa shape index (κ3) is 3.70. The molecule has 1 unspecified atom stereocenters. The molecule has 2 rings (SSSR count). The zero-order valence-electron chi connectivity index (χ0n) is 11.2. The van der Waals surface area contributed by atoms with Crippen LogP contribution in [0, 0.1) is 11.3 Å². The molecular formula is C14H26N2O. The van der Waals surface area contributed by atoms with Crippen molar-refractivity contribution in [1.82, 2.24) is 10.6 Å². The minimum atomic E-state index is 0.0787. The first-order valence-electron chi connectivity index (χ1n) is 7.08. The molecule has 98 valence electrons. The molecule has 1 saturated carbocycles. The van der Waals surface area contributed by atoms with Gasteiger partial charge in [0.1, 0.15) is 0 Å². The van der Waals surface area contributed by atoms with Crippen molar-refractivity contribution in [2.45, 2.75) is 58.4 Å². The van der Waals surface area contributed by atoms with Gasteiger partial charge in [0.2, 0.25) is 5.91 Å². The molecule has 0 radical (unpaired) electrons. The Hall–Kier alpha value is -0.570. The van der Waals surface area contributed by atoms with Gasteiger partial charge in [-0.1, -0.05) is 13.8 Å². The number of hydrogen-bond acceptors (Lipinski definition) is 2. The highest BCUT2D eigenvalue weighted by Crippen LogP contribution is 2.37. The summed E-state index contributed by atoms with van der Waals surface area (Å²) in [5.41, 5.74) is 0.521. The van der Waals surface area contributed by atoms with E-state index in [2.05, 4.69) is 24.5 Å². The lowest BCUT2D eigenvalue weighted by atomic mass is 9.73. The molecule has 0 aromatic rings. The van der Waals surface area contributed by atoms with Gasteiger partial charge in [0.15, 0.2) is 0 Å². The minimum Gasteiger partial charge on any atom is -0.354 e. The number of carbonyl (C=O) groups excluding carboxylic acids is 1. The summed E-state index contributed by atoms with van der Waals surface area (Å²) in [6, 6.07) is 0.0787. The highest BCUT2D eigenvalue weighted by molar-refractivity contribution is 5.81. The first kappa shape index (κ1) is 12.9. The van der Waals surface area contributed by atoms with Crippen LogP contribution in [-0.4, -0.2) is 25.0 Å². The van der Waals surface area contributed by atoms with Gasteiger partial charge < -0.3 is 10.6 Å². The largest absolute Gasteiger partial charge is 0.354 e. The van der Waals surface area contributed by atoms with Gasteiger partial charge in [-0.25, -0.2) is 0 Å². The van der Waals surface area contributed by atoms with E-state index in [0.29, 0.717) is 11.3 Å². The quantitative estimate of drug-likeness (QED) is 0.790. The van der Waals surface area contributed by atoms with E-state index < -0.39 is 0 Å². The molecular weight excluding hydrogens is 212 g/mol. The lowest BCUT2D eigenvalue weighted by Gasteiger charge is -2.34. The number of rotatable bonds is 3. The fraction of sp³-hybridized carbons (Fsp3) is 0.929. The molecule has 1 saturated heterocycles. The summed E-state index contributed by atoms with van der Waals surface area (Å²) in [6.45, 7) is 6.58. The van der Waals surface area contributed by atoms with E-state index in [9.17, 15) is 4.79 Å². The zero-order chi connectivity index (χ0) is 12.3.